The van der Waals surface area contributed by atoms with Gasteiger partial charge in [-0.2, -0.15) is 0 Å². The van der Waals surface area contributed by atoms with E-state index in [9.17, 15) is 9.59 Å². The van der Waals surface area contributed by atoms with Crippen molar-refractivity contribution in [3.05, 3.63) is 93.3 Å². The first-order chi connectivity index (χ1) is 11.2. The Balaban J connectivity index is 2.05. The molecule has 0 N–H and O–H groups in total. The van der Waals surface area contributed by atoms with Gasteiger partial charge in [-0.05, 0) is 17.7 Å². The number of nitrogens with zero attached hydrogens (tertiary/aromatic N) is 2. The Morgan fingerprint density at radius 1 is 0.870 bits per heavy atom. The summed E-state index contributed by atoms with van der Waals surface area (Å²) in [7, 11) is 1.53. The van der Waals surface area contributed by atoms with Gasteiger partial charge in [0.1, 0.15) is 5.75 Å². The zero-order chi connectivity index (χ0) is 16.2. The molecule has 0 atom stereocenters. The first kappa shape index (κ1) is 14.8. The molecule has 5 nitrogen and oxygen atoms in total. The van der Waals surface area contributed by atoms with E-state index in [0.29, 0.717) is 18.0 Å². The highest BCUT2D eigenvalue weighted by Crippen LogP contribution is 2.19. The maximum atomic E-state index is 12.4. The second-order valence-corrected chi connectivity index (χ2v) is 5.06. The van der Waals surface area contributed by atoms with Crippen LogP contribution < -0.4 is 15.9 Å². The average Bonchev–Trinajstić information content (AvgIpc) is 2.60. The number of aromatic nitrogens is 2. The molecule has 1 aromatic heterocycles. The molecule has 3 rings (SSSR count). The van der Waals surface area contributed by atoms with E-state index in [1.807, 2.05) is 36.4 Å². The normalized spacial score (nSPS) is 10.5. The fourth-order valence-electron chi connectivity index (χ4n) is 2.43. The molecule has 0 fully saturated rings. The van der Waals surface area contributed by atoms with Gasteiger partial charge in [-0.25, -0.2) is 0 Å². The minimum atomic E-state index is -0.604. The standard InChI is InChI=1S/C18H16N2O3/c1-23-16-10-6-5-9-15(16)20-12-11-19(17(21)18(20)22)13-14-7-3-2-4-8-14/h2-12H,13H2,1H3. The second kappa shape index (κ2) is 6.36. The molecule has 0 saturated heterocycles. The van der Waals surface area contributed by atoms with Crippen molar-refractivity contribution in [2.24, 2.45) is 0 Å². The molecule has 0 spiro atoms. The molecule has 0 aliphatic carbocycles. The molecule has 0 bridgehead atoms. The van der Waals surface area contributed by atoms with Crippen molar-refractivity contribution in [1.82, 2.24) is 9.13 Å². The van der Waals surface area contributed by atoms with E-state index in [1.54, 1.807) is 30.6 Å². The first-order valence-electron chi connectivity index (χ1n) is 7.20. The van der Waals surface area contributed by atoms with E-state index >= 15 is 0 Å². The predicted octanol–water partition coefficient (Wildman–Crippen LogP) is 2.06. The van der Waals surface area contributed by atoms with E-state index in [-0.39, 0.29) is 0 Å². The summed E-state index contributed by atoms with van der Waals surface area (Å²) < 4.78 is 7.97. The number of rotatable bonds is 4. The zero-order valence-electron chi connectivity index (χ0n) is 12.7. The Morgan fingerprint density at radius 3 is 2.30 bits per heavy atom. The number of methoxy groups -OCH3 is 1. The third kappa shape index (κ3) is 2.94. The number of benzene rings is 2. The monoisotopic (exact) mass is 308 g/mol. The maximum Gasteiger partial charge on any atom is 0.321 e. The molecule has 0 amide bonds. The van der Waals surface area contributed by atoms with Crippen LogP contribution in [0.4, 0.5) is 0 Å². The summed E-state index contributed by atoms with van der Waals surface area (Å²) in [5.41, 5.74) is 0.336. The van der Waals surface area contributed by atoms with Crippen LogP contribution in [0.5, 0.6) is 5.75 Å². The van der Waals surface area contributed by atoms with E-state index in [0.717, 1.165) is 5.56 Å². The average molecular weight is 308 g/mol. The molecule has 0 saturated carbocycles. The third-order valence-electron chi connectivity index (χ3n) is 3.60. The van der Waals surface area contributed by atoms with Crippen molar-refractivity contribution in [2.75, 3.05) is 7.11 Å². The second-order valence-electron chi connectivity index (χ2n) is 5.06. The van der Waals surface area contributed by atoms with Crippen LogP contribution in [0.2, 0.25) is 0 Å². The van der Waals surface area contributed by atoms with Crippen molar-refractivity contribution >= 4 is 0 Å². The highest BCUT2D eigenvalue weighted by molar-refractivity contribution is 5.46. The lowest BCUT2D eigenvalue weighted by Crippen LogP contribution is -2.40. The van der Waals surface area contributed by atoms with Crippen molar-refractivity contribution in [1.29, 1.82) is 0 Å². The van der Waals surface area contributed by atoms with Crippen LogP contribution in [-0.4, -0.2) is 16.2 Å². The Kier molecular flexibility index (Phi) is 4.10. The SMILES string of the molecule is COc1ccccc1-n1ccn(Cc2ccccc2)c(=O)c1=O. The van der Waals surface area contributed by atoms with Crippen LogP contribution >= 0.6 is 0 Å². The molecule has 0 aliphatic heterocycles. The lowest BCUT2D eigenvalue weighted by molar-refractivity contribution is 0.412. The number of hydrogen-bond donors (Lipinski definition) is 0. The summed E-state index contributed by atoms with van der Waals surface area (Å²) in [5, 5.41) is 0. The molecular weight excluding hydrogens is 292 g/mol. The summed E-state index contributed by atoms with van der Waals surface area (Å²) in [6.07, 6.45) is 3.20. The minimum Gasteiger partial charge on any atom is -0.495 e. The Labute approximate surface area is 133 Å². The van der Waals surface area contributed by atoms with Crippen molar-refractivity contribution in [3.63, 3.8) is 0 Å². The predicted molar refractivity (Wildman–Crippen MR) is 88.4 cm³/mol. The van der Waals surface area contributed by atoms with Gasteiger partial charge in [0.15, 0.2) is 0 Å². The molecular formula is C18H16N2O3. The Bertz CT molecular complexity index is 927. The van der Waals surface area contributed by atoms with Crippen LogP contribution in [0.3, 0.4) is 0 Å². The lowest BCUT2D eigenvalue weighted by atomic mass is 10.2. The maximum absolute atomic E-state index is 12.4. The minimum absolute atomic E-state index is 0.363. The number of para-hydroxylation sites is 2. The lowest BCUT2D eigenvalue weighted by Gasteiger charge is -2.12. The van der Waals surface area contributed by atoms with Gasteiger partial charge in [0.25, 0.3) is 0 Å². The van der Waals surface area contributed by atoms with E-state index in [1.165, 1.54) is 16.2 Å². The quantitative estimate of drug-likeness (QED) is 0.693. The Morgan fingerprint density at radius 2 is 1.57 bits per heavy atom. The third-order valence-corrected chi connectivity index (χ3v) is 3.60. The van der Waals surface area contributed by atoms with Gasteiger partial charge in [-0.1, -0.05) is 42.5 Å². The smallest absolute Gasteiger partial charge is 0.321 e. The van der Waals surface area contributed by atoms with Crippen molar-refractivity contribution in [2.45, 2.75) is 6.54 Å². The molecule has 2 aromatic carbocycles. The molecule has 3 aromatic rings. The summed E-state index contributed by atoms with van der Waals surface area (Å²) in [6.45, 7) is 0.363. The Hall–Kier alpha value is -3.08. The van der Waals surface area contributed by atoms with E-state index in [2.05, 4.69) is 0 Å². The van der Waals surface area contributed by atoms with Crippen LogP contribution in [0.1, 0.15) is 5.56 Å². The topological polar surface area (TPSA) is 53.2 Å². The zero-order valence-corrected chi connectivity index (χ0v) is 12.7. The van der Waals surface area contributed by atoms with Crippen molar-refractivity contribution in [3.8, 4) is 11.4 Å². The van der Waals surface area contributed by atoms with Gasteiger partial charge in [-0.3, -0.25) is 14.2 Å². The van der Waals surface area contributed by atoms with E-state index in [4.69, 9.17) is 4.74 Å². The number of ether oxygens (including phenoxy) is 1. The summed E-state index contributed by atoms with van der Waals surface area (Å²) >= 11 is 0. The summed E-state index contributed by atoms with van der Waals surface area (Å²) in [4.78, 5) is 24.8. The number of hydrogen-bond acceptors (Lipinski definition) is 3. The van der Waals surface area contributed by atoms with Gasteiger partial charge in [-0.15, -0.1) is 0 Å². The molecule has 0 aliphatic rings. The largest absolute Gasteiger partial charge is 0.495 e. The van der Waals surface area contributed by atoms with Gasteiger partial charge < -0.3 is 9.30 Å². The molecule has 5 heteroatoms. The van der Waals surface area contributed by atoms with Crippen LogP contribution in [0, 0.1) is 0 Å². The van der Waals surface area contributed by atoms with Gasteiger partial charge in [0, 0.05) is 12.4 Å². The van der Waals surface area contributed by atoms with Crippen LogP contribution in [-0.2, 0) is 6.54 Å². The van der Waals surface area contributed by atoms with Crippen LogP contribution in [0.15, 0.2) is 76.6 Å². The van der Waals surface area contributed by atoms with Gasteiger partial charge >= 0.3 is 11.1 Å². The fourth-order valence-corrected chi connectivity index (χ4v) is 2.43. The van der Waals surface area contributed by atoms with Gasteiger partial charge in [0.2, 0.25) is 0 Å². The highest BCUT2D eigenvalue weighted by Gasteiger charge is 2.10. The fraction of sp³-hybridized carbons (Fsp3) is 0.111. The molecule has 116 valence electrons. The molecule has 23 heavy (non-hydrogen) atoms. The molecule has 0 radical (unpaired) electrons. The highest BCUT2D eigenvalue weighted by atomic mass is 16.5. The van der Waals surface area contributed by atoms with Crippen LogP contribution in [0.25, 0.3) is 5.69 Å². The van der Waals surface area contributed by atoms with E-state index < -0.39 is 11.1 Å². The summed E-state index contributed by atoms with van der Waals surface area (Å²) in [6, 6.07) is 16.6. The van der Waals surface area contributed by atoms with Gasteiger partial charge in [0.05, 0.1) is 19.3 Å². The first-order valence-corrected chi connectivity index (χ1v) is 7.20. The molecule has 1 heterocycles. The molecule has 0 unspecified atom stereocenters. The summed E-state index contributed by atoms with van der Waals surface area (Å²) in [5.74, 6) is 0.537. The van der Waals surface area contributed by atoms with Crippen molar-refractivity contribution < 1.29 is 4.74 Å².